The minimum absolute atomic E-state index is 0.0557. The quantitative estimate of drug-likeness (QED) is 0.119. The zero-order chi connectivity index (χ0) is 52.6. The van der Waals surface area contributed by atoms with Gasteiger partial charge >= 0.3 is 0 Å². The van der Waals surface area contributed by atoms with E-state index >= 15 is 0 Å². The Bertz CT molecular complexity index is 3980. The summed E-state index contributed by atoms with van der Waals surface area (Å²) in [6, 6.07) is 25.0. The van der Waals surface area contributed by atoms with Gasteiger partial charge in [0.05, 0.1) is 49.7 Å². The fourth-order valence-corrected chi connectivity index (χ4v) is 13.0. The summed E-state index contributed by atoms with van der Waals surface area (Å²) in [4.78, 5) is 14.1. The lowest BCUT2D eigenvalue weighted by Crippen LogP contribution is -2.74. The molecule has 0 spiro atoms. The molecular formula is C51H34ClN5Si. The first-order valence-electron chi connectivity index (χ1n) is 26.1. The van der Waals surface area contributed by atoms with Crippen molar-refractivity contribution in [3.05, 3.63) is 211 Å². The van der Waals surface area contributed by atoms with E-state index in [1.807, 2.05) is 97.1 Å². The topological polar surface area (TPSA) is 48.5 Å². The highest BCUT2D eigenvalue weighted by Gasteiger charge is 2.42. The van der Waals surface area contributed by atoms with Gasteiger partial charge in [-0.1, -0.05) is 170 Å². The number of fused-ring (bicyclic) bond motifs is 6. The Hall–Kier alpha value is -7.12. The van der Waals surface area contributed by atoms with E-state index < -0.39 is 116 Å². The Labute approximate surface area is 363 Å². The second-order valence-corrected chi connectivity index (χ2v) is 17.5. The molecule has 8 aromatic carbocycles. The molecule has 0 saturated heterocycles. The molecule has 0 atom stereocenters. The van der Waals surface area contributed by atoms with Crippen molar-refractivity contribution in [1.29, 1.82) is 0 Å². The third-order valence-corrected chi connectivity index (χ3v) is 15.3. The van der Waals surface area contributed by atoms with Crippen molar-refractivity contribution >= 4 is 84.0 Å². The second kappa shape index (κ2) is 13.8. The van der Waals surface area contributed by atoms with Gasteiger partial charge in [-0.3, -0.25) is 4.57 Å². The van der Waals surface area contributed by atoms with E-state index in [1.165, 1.54) is 4.57 Å². The van der Waals surface area contributed by atoms with Crippen molar-refractivity contribution in [3.8, 4) is 23.0 Å². The molecule has 11 rings (SSSR count). The number of hydrogen-bond donors (Lipinski definition) is 0. The van der Waals surface area contributed by atoms with E-state index in [4.69, 9.17) is 30.3 Å². The number of nitrogens with zero attached hydrogens (tertiary/aromatic N) is 5. The molecule has 5 nitrogen and oxygen atoms in total. The lowest BCUT2D eigenvalue weighted by molar-refractivity contribution is 0.946. The van der Waals surface area contributed by atoms with E-state index in [2.05, 4.69) is 9.97 Å². The molecule has 0 aliphatic carbocycles. The van der Waals surface area contributed by atoms with Crippen molar-refractivity contribution < 1.29 is 21.9 Å². The van der Waals surface area contributed by atoms with Crippen LogP contribution in [0.1, 0.15) is 21.9 Å². The molecule has 0 unspecified atom stereocenters. The minimum atomic E-state index is -3.49. The third-order valence-electron chi connectivity index (χ3n) is 10.4. The monoisotopic (exact) mass is 795 g/mol. The van der Waals surface area contributed by atoms with Crippen LogP contribution in [-0.4, -0.2) is 32.2 Å². The van der Waals surface area contributed by atoms with Crippen LogP contribution < -0.4 is 20.7 Å². The van der Waals surface area contributed by atoms with E-state index in [-0.39, 0.29) is 60.7 Å². The van der Waals surface area contributed by atoms with Crippen LogP contribution in [0.15, 0.2) is 206 Å². The van der Waals surface area contributed by atoms with Gasteiger partial charge in [0, 0.05) is 27.1 Å². The molecule has 11 aromatic rings. The summed E-state index contributed by atoms with van der Waals surface area (Å²) in [5, 5.41) is 2.21. The summed E-state index contributed by atoms with van der Waals surface area (Å²) in [7, 11) is -3.49. The number of hydrogen-bond acceptors (Lipinski definition) is 3. The maximum Gasteiger partial charge on any atom is 0.239 e. The summed E-state index contributed by atoms with van der Waals surface area (Å²) in [5.41, 5.74) is -0.841. The Balaban J connectivity index is 1.36. The largest absolute Gasteiger partial charge is 0.309 e. The average Bonchev–Trinajstić information content (AvgIpc) is 3.98. The van der Waals surface area contributed by atoms with Gasteiger partial charge in [0.25, 0.3) is 0 Å². The summed E-state index contributed by atoms with van der Waals surface area (Å²) in [6.45, 7) is 0. The molecule has 3 heterocycles. The number of rotatable bonds is 7. The van der Waals surface area contributed by atoms with Gasteiger partial charge in [-0.05, 0) is 68.7 Å². The van der Waals surface area contributed by atoms with Gasteiger partial charge in [0.15, 0.2) is 13.9 Å². The van der Waals surface area contributed by atoms with Gasteiger partial charge < -0.3 is 4.57 Å². The predicted octanol–water partition coefficient (Wildman–Crippen LogP) is 9.76. The molecule has 0 aliphatic heterocycles. The Kier molecular flexibility index (Phi) is 5.10. The second-order valence-electron chi connectivity index (χ2n) is 13.4. The van der Waals surface area contributed by atoms with Crippen molar-refractivity contribution in [2.75, 3.05) is 0 Å². The van der Waals surface area contributed by atoms with Crippen LogP contribution >= 0.6 is 11.6 Å². The van der Waals surface area contributed by atoms with Crippen LogP contribution in [0, 0.1) is 0 Å². The van der Waals surface area contributed by atoms with Crippen molar-refractivity contribution in [2.45, 2.75) is 0 Å². The molecule has 0 aliphatic rings. The zero-order valence-electron chi connectivity index (χ0n) is 46.0. The molecule has 274 valence electrons. The van der Waals surface area contributed by atoms with Crippen molar-refractivity contribution in [3.63, 3.8) is 0 Å². The van der Waals surface area contributed by atoms with Crippen LogP contribution in [0.5, 0.6) is 0 Å². The molecular weight excluding hydrogens is 746 g/mol. The van der Waals surface area contributed by atoms with Crippen LogP contribution in [0.25, 0.3) is 66.6 Å². The number of para-hydroxylation sites is 4. The average molecular weight is 797 g/mol. The fraction of sp³-hybridized carbons (Fsp3) is 0. The normalized spacial score (nSPS) is 15.7. The number of aromatic nitrogens is 5. The highest BCUT2D eigenvalue weighted by atomic mass is 35.5. The summed E-state index contributed by atoms with van der Waals surface area (Å²) in [5.74, 6) is -0.683. The van der Waals surface area contributed by atoms with E-state index in [9.17, 15) is 8.22 Å². The highest BCUT2D eigenvalue weighted by Crippen LogP contribution is 2.37. The third kappa shape index (κ3) is 5.26. The van der Waals surface area contributed by atoms with Gasteiger partial charge in [-0.15, -0.1) is 0 Å². The van der Waals surface area contributed by atoms with Crippen molar-refractivity contribution in [2.24, 2.45) is 0 Å². The maximum atomic E-state index is 9.40. The Morgan fingerprint density at radius 1 is 0.431 bits per heavy atom. The van der Waals surface area contributed by atoms with Crippen LogP contribution in [0.2, 0.25) is 5.28 Å². The standard InChI is InChI=1S/C51H34ClN5Si/c52-50-53-49(54-51(55-50)57-46-30-16-12-26-41(46)42-27-13-17-31-47(42)57)43-34-38(32-33-48(43)56-44-28-14-10-24-39(44)40-25-11-15-29-45(40)56)58(35-18-4-1-5-19-35,36-20-6-2-7-21-36)37-22-8-3-9-23-37/h1-34H/i10D,11D,12D,13D,14D,15D,16D,17D,24D,25D,26D,27D,28D,29D,30D,31D. The molecule has 0 amide bonds. The Morgan fingerprint density at radius 3 is 1.29 bits per heavy atom. The lowest BCUT2D eigenvalue weighted by Gasteiger charge is -2.35. The first kappa shape index (κ1) is 21.4. The van der Waals surface area contributed by atoms with Crippen LogP contribution in [-0.2, 0) is 0 Å². The summed E-state index contributed by atoms with van der Waals surface area (Å²) >= 11 is 6.95. The SMILES string of the molecule is [2H]c1c([2H])c([2H])c2c(c1[2H])c1c([2H])c([2H])c([2H])c([2H])c1n2-c1nc(Cl)nc(-c2cc([Si](c3ccccc3)(c3ccccc3)c3ccccc3)ccc2-n2c3c([2H])c([2H])c([2H])c([2H])c3c3c([2H])c([2H])c([2H])c([2H])c32)n1. The Morgan fingerprint density at radius 2 is 0.845 bits per heavy atom. The van der Waals surface area contributed by atoms with E-state index in [0.29, 0.717) is 5.19 Å². The molecule has 3 aromatic heterocycles. The first-order valence-corrected chi connectivity index (χ1v) is 20.5. The van der Waals surface area contributed by atoms with Gasteiger partial charge in [0.1, 0.15) is 0 Å². The predicted molar refractivity (Wildman–Crippen MR) is 243 cm³/mol. The molecule has 58 heavy (non-hydrogen) atoms. The molecule has 0 radical (unpaired) electrons. The highest BCUT2D eigenvalue weighted by molar-refractivity contribution is 7.19. The van der Waals surface area contributed by atoms with Gasteiger partial charge in [-0.2, -0.15) is 15.0 Å². The molecule has 0 fully saturated rings. The van der Waals surface area contributed by atoms with Crippen LogP contribution in [0.4, 0.5) is 0 Å². The maximum absolute atomic E-state index is 9.40. The molecule has 0 bridgehead atoms. The lowest BCUT2D eigenvalue weighted by atomic mass is 10.1. The minimum Gasteiger partial charge on any atom is -0.309 e. The number of benzene rings is 8. The smallest absolute Gasteiger partial charge is 0.239 e. The molecule has 0 saturated carbocycles. The molecule has 7 heteroatoms. The fourth-order valence-electron chi connectivity index (χ4n) is 8.05. The number of halogens is 1. The van der Waals surface area contributed by atoms with E-state index in [1.54, 1.807) is 12.1 Å². The molecule has 0 N–H and O–H groups in total. The summed E-state index contributed by atoms with van der Waals surface area (Å²) in [6.07, 6.45) is 0. The van der Waals surface area contributed by atoms with Crippen LogP contribution in [0.3, 0.4) is 0 Å². The van der Waals surface area contributed by atoms with Gasteiger partial charge in [-0.25, -0.2) is 0 Å². The van der Waals surface area contributed by atoms with Crippen molar-refractivity contribution in [1.82, 2.24) is 24.1 Å². The zero-order valence-corrected chi connectivity index (χ0v) is 31.8. The van der Waals surface area contributed by atoms with Gasteiger partial charge in [0.2, 0.25) is 11.2 Å². The first-order chi connectivity index (χ1) is 35.3. The summed E-state index contributed by atoms with van der Waals surface area (Å²) < 4.78 is 146. The van der Waals surface area contributed by atoms with E-state index in [0.717, 1.165) is 20.1 Å².